The number of carbonyl (C=O) groups is 1. The zero-order valence-electron chi connectivity index (χ0n) is 12.9. The number of nitrogens with two attached hydrogens (primary N) is 2. The third-order valence-corrected chi connectivity index (χ3v) is 2.98. The van der Waals surface area contributed by atoms with Gasteiger partial charge in [0.2, 0.25) is 5.95 Å². The SMILES string of the molecule is NC(N)=NC(=O)NCc1cccc(-c2cnc(NCCO)nc2)c1. The highest BCUT2D eigenvalue weighted by molar-refractivity contribution is 5.90. The maximum Gasteiger partial charge on any atom is 0.344 e. The summed E-state index contributed by atoms with van der Waals surface area (Å²) in [5.41, 5.74) is 12.9. The molecule has 0 spiro atoms. The van der Waals surface area contributed by atoms with Crippen LogP contribution in [0.2, 0.25) is 0 Å². The van der Waals surface area contributed by atoms with Gasteiger partial charge in [-0.1, -0.05) is 18.2 Å². The number of nitrogens with one attached hydrogen (secondary N) is 2. The number of guanidine groups is 1. The summed E-state index contributed by atoms with van der Waals surface area (Å²) in [6, 6.07) is 6.98. The van der Waals surface area contributed by atoms with Crippen molar-refractivity contribution in [2.45, 2.75) is 6.54 Å². The van der Waals surface area contributed by atoms with Gasteiger partial charge >= 0.3 is 6.03 Å². The summed E-state index contributed by atoms with van der Waals surface area (Å²) in [5.74, 6) is 0.168. The van der Waals surface area contributed by atoms with Crippen LogP contribution in [-0.2, 0) is 6.54 Å². The fourth-order valence-electron chi connectivity index (χ4n) is 1.93. The first-order valence-corrected chi connectivity index (χ1v) is 7.22. The molecule has 9 nitrogen and oxygen atoms in total. The van der Waals surface area contributed by atoms with Gasteiger partial charge in [-0.3, -0.25) is 0 Å². The number of benzene rings is 1. The van der Waals surface area contributed by atoms with E-state index in [9.17, 15) is 4.79 Å². The smallest absolute Gasteiger partial charge is 0.344 e. The van der Waals surface area contributed by atoms with Gasteiger partial charge in [0.25, 0.3) is 0 Å². The number of amides is 2. The Morgan fingerprint density at radius 3 is 2.62 bits per heavy atom. The molecular weight excluding hydrogens is 310 g/mol. The number of aliphatic hydroxyl groups excluding tert-OH is 1. The number of anilines is 1. The number of aliphatic hydroxyl groups is 1. The molecule has 7 N–H and O–H groups in total. The fourth-order valence-corrected chi connectivity index (χ4v) is 1.93. The number of hydrogen-bond acceptors (Lipinski definition) is 5. The Morgan fingerprint density at radius 1 is 1.21 bits per heavy atom. The predicted molar refractivity (Wildman–Crippen MR) is 91.1 cm³/mol. The van der Waals surface area contributed by atoms with Gasteiger partial charge in [-0.2, -0.15) is 4.99 Å². The van der Waals surface area contributed by atoms with Gasteiger partial charge in [0, 0.05) is 31.0 Å². The second kappa shape index (κ2) is 8.44. The van der Waals surface area contributed by atoms with E-state index in [0.717, 1.165) is 16.7 Å². The average Bonchev–Trinajstić information content (AvgIpc) is 2.58. The maximum atomic E-state index is 11.4. The highest BCUT2D eigenvalue weighted by atomic mass is 16.3. The molecule has 126 valence electrons. The van der Waals surface area contributed by atoms with E-state index < -0.39 is 6.03 Å². The number of carbonyl (C=O) groups excluding carboxylic acids is 1. The Bertz CT molecular complexity index is 712. The van der Waals surface area contributed by atoms with Crippen molar-refractivity contribution in [3.8, 4) is 11.1 Å². The van der Waals surface area contributed by atoms with Gasteiger partial charge in [-0.25, -0.2) is 14.8 Å². The molecule has 0 aliphatic heterocycles. The fraction of sp³-hybridized carbons (Fsp3) is 0.200. The molecule has 0 aliphatic carbocycles. The molecule has 0 bridgehead atoms. The zero-order chi connectivity index (χ0) is 17.4. The quantitative estimate of drug-likeness (QED) is 0.370. The van der Waals surface area contributed by atoms with E-state index in [0.29, 0.717) is 19.0 Å². The van der Waals surface area contributed by atoms with E-state index in [-0.39, 0.29) is 12.6 Å². The van der Waals surface area contributed by atoms with Crippen LogP contribution in [0.3, 0.4) is 0 Å². The second-order valence-electron chi connectivity index (χ2n) is 4.84. The monoisotopic (exact) mass is 329 g/mol. The molecule has 1 aromatic carbocycles. The van der Waals surface area contributed by atoms with Crippen LogP contribution in [-0.4, -0.2) is 40.2 Å². The minimum Gasteiger partial charge on any atom is -0.395 e. The van der Waals surface area contributed by atoms with Crippen LogP contribution >= 0.6 is 0 Å². The van der Waals surface area contributed by atoms with E-state index in [1.54, 1.807) is 12.4 Å². The Labute approximate surface area is 138 Å². The molecule has 0 fully saturated rings. The van der Waals surface area contributed by atoms with E-state index in [1.165, 1.54) is 0 Å². The lowest BCUT2D eigenvalue weighted by Crippen LogP contribution is -2.28. The molecule has 0 saturated heterocycles. The van der Waals surface area contributed by atoms with Crippen LogP contribution in [0.4, 0.5) is 10.7 Å². The summed E-state index contributed by atoms with van der Waals surface area (Å²) in [5, 5.41) is 14.2. The van der Waals surface area contributed by atoms with Gasteiger partial charge in [0.15, 0.2) is 5.96 Å². The van der Waals surface area contributed by atoms with Gasteiger partial charge in [0.05, 0.1) is 6.61 Å². The number of aromatic nitrogens is 2. The summed E-state index contributed by atoms with van der Waals surface area (Å²) in [4.78, 5) is 23.1. The van der Waals surface area contributed by atoms with Crippen molar-refractivity contribution in [1.29, 1.82) is 0 Å². The lowest BCUT2D eigenvalue weighted by molar-refractivity contribution is 0.249. The number of rotatable bonds is 6. The molecule has 24 heavy (non-hydrogen) atoms. The van der Waals surface area contributed by atoms with Crippen molar-refractivity contribution in [2.24, 2.45) is 16.5 Å². The van der Waals surface area contributed by atoms with Crippen LogP contribution in [0.25, 0.3) is 11.1 Å². The minimum atomic E-state index is -0.594. The summed E-state index contributed by atoms with van der Waals surface area (Å²) in [6.07, 6.45) is 3.37. The molecule has 0 atom stereocenters. The van der Waals surface area contributed by atoms with E-state index in [4.69, 9.17) is 16.6 Å². The third-order valence-electron chi connectivity index (χ3n) is 2.98. The Hall–Kier alpha value is -3.20. The van der Waals surface area contributed by atoms with Crippen molar-refractivity contribution >= 4 is 17.9 Å². The first kappa shape index (κ1) is 17.2. The van der Waals surface area contributed by atoms with Gasteiger partial charge in [0.1, 0.15) is 0 Å². The number of nitrogens with zero attached hydrogens (tertiary/aromatic N) is 3. The lowest BCUT2D eigenvalue weighted by atomic mass is 10.1. The normalized spacial score (nSPS) is 10.0. The van der Waals surface area contributed by atoms with Gasteiger partial charge < -0.3 is 27.2 Å². The molecule has 0 radical (unpaired) electrons. The minimum absolute atomic E-state index is 0.0126. The number of urea groups is 1. The van der Waals surface area contributed by atoms with Crippen LogP contribution in [0.15, 0.2) is 41.7 Å². The van der Waals surface area contributed by atoms with Gasteiger partial charge in [-0.15, -0.1) is 0 Å². The van der Waals surface area contributed by atoms with Crippen LogP contribution in [0, 0.1) is 0 Å². The van der Waals surface area contributed by atoms with Crippen molar-refractivity contribution < 1.29 is 9.90 Å². The molecule has 1 aromatic heterocycles. The lowest BCUT2D eigenvalue weighted by Gasteiger charge is -2.07. The molecule has 2 amide bonds. The molecular formula is C15H19N7O2. The van der Waals surface area contributed by atoms with E-state index >= 15 is 0 Å². The average molecular weight is 329 g/mol. The zero-order valence-corrected chi connectivity index (χ0v) is 12.9. The van der Waals surface area contributed by atoms with E-state index in [1.807, 2.05) is 24.3 Å². The summed E-state index contributed by atoms with van der Waals surface area (Å²) in [7, 11) is 0. The highest BCUT2D eigenvalue weighted by Gasteiger charge is 2.03. The predicted octanol–water partition coefficient (Wildman–Crippen LogP) is 0.0308. The van der Waals surface area contributed by atoms with Crippen molar-refractivity contribution in [1.82, 2.24) is 15.3 Å². The van der Waals surface area contributed by atoms with Crippen molar-refractivity contribution in [3.63, 3.8) is 0 Å². The topological polar surface area (TPSA) is 152 Å². The summed E-state index contributed by atoms with van der Waals surface area (Å²) < 4.78 is 0. The highest BCUT2D eigenvalue weighted by Crippen LogP contribution is 2.19. The molecule has 9 heteroatoms. The van der Waals surface area contributed by atoms with Crippen LogP contribution in [0.1, 0.15) is 5.56 Å². The van der Waals surface area contributed by atoms with Crippen molar-refractivity contribution in [3.05, 3.63) is 42.2 Å². The Morgan fingerprint density at radius 2 is 1.96 bits per heavy atom. The Balaban J connectivity index is 2.04. The summed E-state index contributed by atoms with van der Waals surface area (Å²) >= 11 is 0. The first-order chi connectivity index (χ1) is 11.6. The molecule has 2 aromatic rings. The Kier molecular flexibility index (Phi) is 6.03. The maximum absolute atomic E-state index is 11.4. The summed E-state index contributed by atoms with van der Waals surface area (Å²) in [6.45, 7) is 0.698. The van der Waals surface area contributed by atoms with Gasteiger partial charge in [-0.05, 0) is 17.2 Å². The third kappa shape index (κ3) is 5.21. The molecule has 1 heterocycles. The first-order valence-electron chi connectivity index (χ1n) is 7.22. The van der Waals surface area contributed by atoms with E-state index in [2.05, 4.69) is 25.6 Å². The molecule has 2 rings (SSSR count). The second-order valence-corrected chi connectivity index (χ2v) is 4.84. The van der Waals surface area contributed by atoms with Crippen LogP contribution in [0.5, 0.6) is 0 Å². The molecule has 0 saturated carbocycles. The standard InChI is InChI=1S/C15H19N7O2/c16-13(17)22-15(24)21-7-10-2-1-3-11(6-10)12-8-19-14(20-9-12)18-4-5-23/h1-3,6,8-9,23H,4-5,7H2,(H,18,19,20)(H5,16,17,21,22,24). The van der Waals surface area contributed by atoms with Crippen molar-refractivity contribution in [2.75, 3.05) is 18.5 Å². The number of aliphatic imine (C=N–C) groups is 1. The largest absolute Gasteiger partial charge is 0.395 e. The van der Waals surface area contributed by atoms with Crippen LogP contribution < -0.4 is 22.1 Å². The number of hydrogen-bond donors (Lipinski definition) is 5. The molecule has 0 unspecified atom stereocenters. The molecule has 0 aliphatic rings.